The molecule has 3 aromatic rings. The SMILES string of the molecule is CC(C)(C)[C@H]1CCc2c(sc(N=Cc3ccccc3OCC#N)c2C(=O)NCc2ccco2)C1. The number of nitriles is 1. The van der Waals surface area contributed by atoms with Crippen LogP contribution in [0.5, 0.6) is 5.75 Å². The molecule has 34 heavy (non-hydrogen) atoms. The van der Waals surface area contributed by atoms with Crippen molar-refractivity contribution in [3.05, 3.63) is 70.0 Å². The molecular formula is C27H29N3O3S. The number of aliphatic imine (C=N–C) groups is 1. The van der Waals surface area contributed by atoms with Crippen molar-refractivity contribution in [1.82, 2.24) is 5.32 Å². The molecule has 0 bridgehead atoms. The molecule has 7 heteroatoms. The smallest absolute Gasteiger partial charge is 0.255 e. The number of nitrogens with zero attached hydrogens (tertiary/aromatic N) is 2. The summed E-state index contributed by atoms with van der Waals surface area (Å²) in [5, 5.41) is 12.6. The van der Waals surface area contributed by atoms with Gasteiger partial charge in [0.05, 0.1) is 18.4 Å². The van der Waals surface area contributed by atoms with Gasteiger partial charge in [0, 0.05) is 16.7 Å². The highest BCUT2D eigenvalue weighted by Gasteiger charge is 2.33. The molecule has 1 N–H and O–H groups in total. The van der Waals surface area contributed by atoms with Crippen LogP contribution >= 0.6 is 11.3 Å². The summed E-state index contributed by atoms with van der Waals surface area (Å²) in [4.78, 5) is 19.3. The summed E-state index contributed by atoms with van der Waals surface area (Å²) in [7, 11) is 0. The van der Waals surface area contributed by atoms with E-state index in [0.29, 0.717) is 34.5 Å². The lowest BCUT2D eigenvalue weighted by atomic mass is 9.72. The van der Waals surface area contributed by atoms with E-state index in [1.54, 1.807) is 23.8 Å². The predicted octanol–water partition coefficient (Wildman–Crippen LogP) is 6.08. The summed E-state index contributed by atoms with van der Waals surface area (Å²) in [5.41, 5.74) is 2.75. The zero-order valence-electron chi connectivity index (χ0n) is 19.8. The second-order valence-corrected chi connectivity index (χ2v) is 10.6. The van der Waals surface area contributed by atoms with E-state index in [0.717, 1.165) is 30.4 Å². The van der Waals surface area contributed by atoms with Crippen LogP contribution in [0.4, 0.5) is 5.00 Å². The van der Waals surface area contributed by atoms with Gasteiger partial charge in [-0.15, -0.1) is 11.3 Å². The molecule has 1 aliphatic carbocycles. The number of ether oxygens (including phenoxy) is 1. The number of amides is 1. The Hall–Kier alpha value is -3.37. The Morgan fingerprint density at radius 3 is 2.88 bits per heavy atom. The topological polar surface area (TPSA) is 87.6 Å². The molecule has 1 amide bonds. The zero-order valence-corrected chi connectivity index (χ0v) is 20.6. The van der Waals surface area contributed by atoms with Crippen LogP contribution in [-0.2, 0) is 19.4 Å². The summed E-state index contributed by atoms with van der Waals surface area (Å²) < 4.78 is 10.9. The molecule has 0 spiro atoms. The van der Waals surface area contributed by atoms with Gasteiger partial charge in [-0.3, -0.25) is 4.79 Å². The van der Waals surface area contributed by atoms with Crippen molar-refractivity contribution in [3.8, 4) is 11.8 Å². The van der Waals surface area contributed by atoms with Crippen LogP contribution in [0.2, 0.25) is 0 Å². The molecule has 0 fully saturated rings. The van der Waals surface area contributed by atoms with Gasteiger partial charge < -0.3 is 14.5 Å². The van der Waals surface area contributed by atoms with Crippen molar-refractivity contribution >= 4 is 28.5 Å². The van der Waals surface area contributed by atoms with E-state index in [1.807, 2.05) is 42.5 Å². The summed E-state index contributed by atoms with van der Waals surface area (Å²) in [5.74, 6) is 1.73. The number of furan rings is 1. The summed E-state index contributed by atoms with van der Waals surface area (Å²) in [6, 6.07) is 13.1. The summed E-state index contributed by atoms with van der Waals surface area (Å²) in [6.45, 7) is 7.14. The number of benzene rings is 1. The molecule has 2 heterocycles. The lowest BCUT2D eigenvalue weighted by Crippen LogP contribution is -2.28. The van der Waals surface area contributed by atoms with Crippen LogP contribution in [0.15, 0.2) is 52.1 Å². The number of hydrogen-bond acceptors (Lipinski definition) is 6. The molecule has 1 atom stereocenters. The van der Waals surface area contributed by atoms with E-state index in [4.69, 9.17) is 19.4 Å². The molecule has 2 aromatic heterocycles. The quantitative estimate of drug-likeness (QED) is 0.420. The number of thiophene rings is 1. The second kappa shape index (κ2) is 10.3. The van der Waals surface area contributed by atoms with Crippen molar-refractivity contribution < 1.29 is 13.9 Å². The maximum absolute atomic E-state index is 13.3. The van der Waals surface area contributed by atoms with Crippen molar-refractivity contribution in [2.75, 3.05) is 6.61 Å². The Morgan fingerprint density at radius 1 is 1.32 bits per heavy atom. The molecule has 176 valence electrons. The van der Waals surface area contributed by atoms with Crippen LogP contribution < -0.4 is 10.1 Å². The number of rotatable bonds is 7. The monoisotopic (exact) mass is 475 g/mol. The molecule has 4 rings (SSSR count). The summed E-state index contributed by atoms with van der Waals surface area (Å²) >= 11 is 1.60. The van der Waals surface area contributed by atoms with Gasteiger partial charge in [0.25, 0.3) is 5.91 Å². The zero-order chi connectivity index (χ0) is 24.1. The fourth-order valence-electron chi connectivity index (χ4n) is 4.26. The molecular weight excluding hydrogens is 446 g/mol. The van der Waals surface area contributed by atoms with Gasteiger partial charge in [0.15, 0.2) is 6.61 Å². The van der Waals surface area contributed by atoms with Crippen LogP contribution in [0, 0.1) is 22.7 Å². The van der Waals surface area contributed by atoms with Crippen molar-refractivity contribution in [3.63, 3.8) is 0 Å². The summed E-state index contributed by atoms with van der Waals surface area (Å²) in [6.07, 6.45) is 6.20. The standard InChI is InChI=1S/C27H29N3O3S/c1-27(2,3)19-10-11-21-23(15-19)34-26(24(21)25(31)29-17-20-8-6-13-32-20)30-16-18-7-4-5-9-22(18)33-14-12-28/h4-9,13,16,19H,10-11,14-15,17H2,1-3H3,(H,29,31)/t19-/m0/s1. The first kappa shape index (κ1) is 23.8. The third-order valence-corrected chi connectivity index (χ3v) is 7.40. The average molecular weight is 476 g/mol. The van der Waals surface area contributed by atoms with Gasteiger partial charge >= 0.3 is 0 Å². The number of nitrogens with one attached hydrogen (secondary N) is 1. The third-order valence-electron chi connectivity index (χ3n) is 6.23. The Balaban J connectivity index is 1.66. The predicted molar refractivity (Wildman–Crippen MR) is 134 cm³/mol. The number of para-hydroxylation sites is 1. The number of carbonyl (C=O) groups excluding carboxylic acids is 1. The molecule has 0 unspecified atom stereocenters. The van der Waals surface area contributed by atoms with Gasteiger partial charge in [-0.1, -0.05) is 32.9 Å². The Kier molecular flexibility index (Phi) is 7.18. The molecule has 6 nitrogen and oxygen atoms in total. The van der Waals surface area contributed by atoms with E-state index in [1.165, 1.54) is 4.88 Å². The lowest BCUT2D eigenvalue weighted by Gasteiger charge is -2.33. The Morgan fingerprint density at radius 2 is 2.15 bits per heavy atom. The molecule has 1 aliphatic rings. The fraction of sp³-hybridized carbons (Fsp3) is 0.370. The van der Waals surface area contributed by atoms with Crippen LogP contribution in [0.25, 0.3) is 0 Å². The third kappa shape index (κ3) is 5.40. The fourth-order valence-corrected chi connectivity index (χ4v) is 5.53. The van der Waals surface area contributed by atoms with Gasteiger partial charge in [0.2, 0.25) is 0 Å². The van der Waals surface area contributed by atoms with Gasteiger partial charge in [-0.25, -0.2) is 4.99 Å². The van der Waals surface area contributed by atoms with Crippen molar-refractivity contribution in [1.29, 1.82) is 5.26 Å². The number of hydrogen-bond donors (Lipinski definition) is 1. The minimum absolute atomic E-state index is 0.0349. The molecule has 0 radical (unpaired) electrons. The maximum Gasteiger partial charge on any atom is 0.255 e. The lowest BCUT2D eigenvalue weighted by molar-refractivity contribution is 0.0947. The Bertz CT molecular complexity index is 1210. The molecule has 1 aromatic carbocycles. The minimum atomic E-state index is -0.135. The first-order valence-electron chi connectivity index (χ1n) is 11.4. The van der Waals surface area contributed by atoms with E-state index in [2.05, 4.69) is 26.1 Å². The first-order valence-corrected chi connectivity index (χ1v) is 12.3. The minimum Gasteiger partial charge on any atom is -0.478 e. The van der Waals surface area contributed by atoms with Crippen LogP contribution in [0.1, 0.15) is 59.3 Å². The highest BCUT2D eigenvalue weighted by atomic mass is 32.1. The maximum atomic E-state index is 13.3. The van der Waals surface area contributed by atoms with E-state index < -0.39 is 0 Å². The average Bonchev–Trinajstić information content (AvgIpc) is 3.47. The largest absolute Gasteiger partial charge is 0.478 e. The van der Waals surface area contributed by atoms with Crippen LogP contribution in [-0.4, -0.2) is 18.7 Å². The normalized spacial score (nSPS) is 15.6. The number of carbonyl (C=O) groups is 1. The van der Waals surface area contributed by atoms with Gasteiger partial charge in [-0.05, 0) is 60.4 Å². The molecule has 0 aliphatic heterocycles. The Labute approximate surface area is 204 Å². The first-order chi connectivity index (χ1) is 16.4. The second-order valence-electron chi connectivity index (χ2n) is 9.49. The van der Waals surface area contributed by atoms with Crippen molar-refractivity contribution in [2.24, 2.45) is 16.3 Å². The number of fused-ring (bicyclic) bond motifs is 1. The highest BCUT2D eigenvalue weighted by molar-refractivity contribution is 7.16. The molecule has 0 saturated heterocycles. The van der Waals surface area contributed by atoms with E-state index in [-0.39, 0.29) is 17.9 Å². The van der Waals surface area contributed by atoms with E-state index in [9.17, 15) is 4.79 Å². The van der Waals surface area contributed by atoms with Gasteiger partial charge in [0.1, 0.15) is 22.6 Å². The van der Waals surface area contributed by atoms with E-state index >= 15 is 0 Å². The van der Waals surface area contributed by atoms with Crippen molar-refractivity contribution in [2.45, 2.75) is 46.6 Å². The van der Waals surface area contributed by atoms with Gasteiger partial charge in [-0.2, -0.15) is 5.26 Å². The highest BCUT2D eigenvalue weighted by Crippen LogP contribution is 2.45. The molecule has 0 saturated carbocycles. The van der Waals surface area contributed by atoms with Crippen LogP contribution in [0.3, 0.4) is 0 Å².